The maximum atomic E-state index is 12.2. The summed E-state index contributed by atoms with van der Waals surface area (Å²) < 4.78 is 28.3. The van der Waals surface area contributed by atoms with Crippen LogP contribution in [0.25, 0.3) is 0 Å². The number of amidine groups is 1. The fraction of sp³-hybridized carbons (Fsp3) is 0.118. The lowest BCUT2D eigenvalue weighted by Gasteiger charge is -2.17. The van der Waals surface area contributed by atoms with Gasteiger partial charge in [-0.3, -0.25) is 0 Å². The molecular weight excluding hydrogens is 360 g/mol. The molecule has 6 nitrogen and oxygen atoms in total. The minimum atomic E-state index is -3.75. The number of fused-ring (bicyclic) bond motifs is 1. The number of nitriles is 1. The molecule has 1 heterocycles. The molecule has 25 heavy (non-hydrogen) atoms. The molecule has 0 aliphatic carbocycles. The molecule has 126 valence electrons. The first kappa shape index (κ1) is 17.1. The number of hydrazone groups is 1. The van der Waals surface area contributed by atoms with E-state index in [9.17, 15) is 8.42 Å². The van der Waals surface area contributed by atoms with Crippen LogP contribution in [0.2, 0.25) is 5.02 Å². The molecule has 0 aromatic heterocycles. The second-order valence-corrected chi connectivity index (χ2v) is 7.16. The van der Waals surface area contributed by atoms with Crippen LogP contribution in [0.4, 0.5) is 0 Å². The summed E-state index contributed by atoms with van der Waals surface area (Å²) in [6.45, 7) is 0.208. The topological polar surface area (TPSA) is 85.9 Å². The number of hydrogen-bond acceptors (Lipinski definition) is 5. The van der Waals surface area contributed by atoms with Gasteiger partial charge >= 0.3 is 0 Å². The Kier molecular flexibility index (Phi) is 4.83. The zero-order valence-electron chi connectivity index (χ0n) is 13.0. The number of nitrogens with zero attached hydrogens (tertiary/aromatic N) is 4. The highest BCUT2D eigenvalue weighted by atomic mass is 35.5. The Morgan fingerprint density at radius 2 is 1.92 bits per heavy atom. The van der Waals surface area contributed by atoms with Crippen molar-refractivity contribution < 1.29 is 8.42 Å². The predicted octanol–water partition coefficient (Wildman–Crippen LogP) is 3.04. The van der Waals surface area contributed by atoms with Gasteiger partial charge in [-0.25, -0.2) is 5.01 Å². The highest BCUT2D eigenvalue weighted by Crippen LogP contribution is 2.27. The lowest BCUT2D eigenvalue weighted by Crippen LogP contribution is -2.27. The molecule has 0 fully saturated rings. The van der Waals surface area contributed by atoms with Crippen LogP contribution in [0.1, 0.15) is 17.5 Å². The third-order valence-electron chi connectivity index (χ3n) is 3.53. The van der Waals surface area contributed by atoms with Crippen LogP contribution < -0.4 is 0 Å². The van der Waals surface area contributed by atoms with E-state index in [4.69, 9.17) is 16.9 Å². The molecular formula is C17H13ClN4O2S. The number of rotatable bonds is 4. The zero-order valence-corrected chi connectivity index (χ0v) is 14.6. The Morgan fingerprint density at radius 3 is 2.68 bits per heavy atom. The van der Waals surface area contributed by atoms with Gasteiger partial charge in [-0.2, -0.15) is 18.8 Å². The van der Waals surface area contributed by atoms with Crippen LogP contribution >= 0.6 is 11.6 Å². The van der Waals surface area contributed by atoms with Crippen molar-refractivity contribution in [2.75, 3.05) is 6.54 Å². The Bertz CT molecular complexity index is 1010. The largest absolute Gasteiger partial charge is 0.285 e. The van der Waals surface area contributed by atoms with E-state index < -0.39 is 10.0 Å². The molecule has 3 rings (SSSR count). The average Bonchev–Trinajstić information content (AvgIpc) is 2.88. The quantitative estimate of drug-likeness (QED) is 0.609. The van der Waals surface area contributed by atoms with E-state index >= 15 is 0 Å². The van der Waals surface area contributed by atoms with Crippen molar-refractivity contribution in [1.82, 2.24) is 5.01 Å². The SMILES string of the molecule is N#CCCN(/N=C/c1ccccc1Cl)C1=NS(=O)(=O)c2ccccc21. The van der Waals surface area contributed by atoms with Gasteiger partial charge in [-0.05, 0) is 18.2 Å². The monoisotopic (exact) mass is 372 g/mol. The number of hydrogen-bond donors (Lipinski definition) is 0. The van der Waals surface area contributed by atoms with Gasteiger partial charge in [0, 0.05) is 16.1 Å². The first-order valence-electron chi connectivity index (χ1n) is 7.40. The van der Waals surface area contributed by atoms with E-state index in [0.29, 0.717) is 16.1 Å². The molecule has 0 saturated heterocycles. The van der Waals surface area contributed by atoms with Gasteiger partial charge in [0.25, 0.3) is 10.0 Å². The van der Waals surface area contributed by atoms with E-state index in [1.165, 1.54) is 17.3 Å². The highest BCUT2D eigenvalue weighted by molar-refractivity contribution is 7.90. The first-order chi connectivity index (χ1) is 12.0. The first-order valence-corrected chi connectivity index (χ1v) is 9.22. The molecule has 0 radical (unpaired) electrons. The van der Waals surface area contributed by atoms with Crippen molar-refractivity contribution in [3.63, 3.8) is 0 Å². The molecule has 0 amide bonds. The lowest BCUT2D eigenvalue weighted by atomic mass is 10.2. The summed E-state index contributed by atoms with van der Waals surface area (Å²) in [5, 5.41) is 15.1. The summed E-state index contributed by atoms with van der Waals surface area (Å²) in [4.78, 5) is 0.139. The van der Waals surface area contributed by atoms with E-state index in [-0.39, 0.29) is 23.7 Å². The van der Waals surface area contributed by atoms with Crippen LogP contribution in [0.3, 0.4) is 0 Å². The van der Waals surface area contributed by atoms with E-state index in [1.54, 1.807) is 36.4 Å². The summed E-state index contributed by atoms with van der Waals surface area (Å²) in [5.74, 6) is 0.203. The third kappa shape index (κ3) is 3.55. The number of benzene rings is 2. The number of halogens is 1. The number of sulfonamides is 1. The van der Waals surface area contributed by atoms with Gasteiger partial charge in [0.2, 0.25) is 0 Å². The van der Waals surface area contributed by atoms with Crippen LogP contribution in [0.15, 0.2) is 62.9 Å². The van der Waals surface area contributed by atoms with Crippen molar-refractivity contribution in [1.29, 1.82) is 5.26 Å². The van der Waals surface area contributed by atoms with Gasteiger partial charge in [0.1, 0.15) is 4.90 Å². The Hall–Kier alpha value is -2.69. The fourth-order valence-electron chi connectivity index (χ4n) is 2.36. The highest BCUT2D eigenvalue weighted by Gasteiger charge is 2.31. The van der Waals surface area contributed by atoms with Crippen molar-refractivity contribution >= 4 is 33.7 Å². The zero-order chi connectivity index (χ0) is 17.9. The van der Waals surface area contributed by atoms with Crippen molar-refractivity contribution in [2.45, 2.75) is 11.3 Å². The van der Waals surface area contributed by atoms with E-state index in [2.05, 4.69) is 9.50 Å². The molecule has 2 aromatic carbocycles. The summed E-state index contributed by atoms with van der Waals surface area (Å²) >= 11 is 6.11. The predicted molar refractivity (Wildman–Crippen MR) is 96.1 cm³/mol. The maximum absolute atomic E-state index is 12.2. The minimum Gasteiger partial charge on any atom is -0.246 e. The molecule has 1 aliphatic rings. The third-order valence-corrected chi connectivity index (χ3v) is 5.20. The molecule has 8 heteroatoms. The smallest absolute Gasteiger partial charge is 0.246 e. The average molecular weight is 373 g/mol. The molecule has 0 atom stereocenters. The summed E-state index contributed by atoms with van der Waals surface area (Å²) in [6.07, 6.45) is 1.69. The molecule has 0 bridgehead atoms. The minimum absolute atomic E-state index is 0.139. The molecule has 0 unspecified atom stereocenters. The summed E-state index contributed by atoms with van der Waals surface area (Å²) in [5.41, 5.74) is 1.15. The Labute approximate surface area is 150 Å². The second kappa shape index (κ2) is 7.05. The van der Waals surface area contributed by atoms with Crippen LogP contribution in [0, 0.1) is 11.3 Å². The van der Waals surface area contributed by atoms with Crippen molar-refractivity contribution in [2.24, 2.45) is 9.50 Å². The maximum Gasteiger partial charge on any atom is 0.285 e. The molecule has 0 spiro atoms. The van der Waals surface area contributed by atoms with Crippen LogP contribution in [-0.2, 0) is 10.0 Å². The molecule has 0 saturated carbocycles. The summed E-state index contributed by atoms with van der Waals surface area (Å²) in [7, 11) is -3.75. The normalized spacial score (nSPS) is 14.8. The van der Waals surface area contributed by atoms with E-state index in [0.717, 1.165) is 0 Å². The van der Waals surface area contributed by atoms with E-state index in [1.807, 2.05) is 12.1 Å². The van der Waals surface area contributed by atoms with Gasteiger partial charge in [0.05, 0.1) is 25.2 Å². The Balaban J connectivity index is 2.00. The van der Waals surface area contributed by atoms with Crippen LogP contribution in [-0.4, -0.2) is 32.0 Å². The van der Waals surface area contributed by atoms with Crippen molar-refractivity contribution in [3.05, 3.63) is 64.7 Å². The summed E-state index contributed by atoms with van der Waals surface area (Å²) in [6, 6.07) is 15.7. The molecule has 2 aromatic rings. The van der Waals surface area contributed by atoms with Crippen LogP contribution in [0.5, 0.6) is 0 Å². The van der Waals surface area contributed by atoms with Crippen molar-refractivity contribution in [3.8, 4) is 6.07 Å². The van der Waals surface area contributed by atoms with Gasteiger partial charge in [0.15, 0.2) is 5.84 Å². The second-order valence-electron chi connectivity index (χ2n) is 5.18. The Morgan fingerprint density at radius 1 is 1.20 bits per heavy atom. The van der Waals surface area contributed by atoms with Gasteiger partial charge in [-0.15, -0.1) is 4.40 Å². The standard InChI is InChI=1S/C17H13ClN4O2S/c18-15-8-3-1-6-13(15)12-20-22(11-5-10-19)17-14-7-2-4-9-16(14)25(23,24)21-17/h1-4,6-9,12H,5,11H2/b20-12+. The molecule has 1 aliphatic heterocycles. The van der Waals surface area contributed by atoms with Gasteiger partial charge < -0.3 is 0 Å². The van der Waals surface area contributed by atoms with Gasteiger partial charge in [-0.1, -0.05) is 41.9 Å². The fourth-order valence-corrected chi connectivity index (χ4v) is 3.75. The lowest BCUT2D eigenvalue weighted by molar-refractivity contribution is 0.459. The molecule has 0 N–H and O–H groups in total.